The zero-order valence-electron chi connectivity index (χ0n) is 14.9. The van der Waals surface area contributed by atoms with Gasteiger partial charge < -0.3 is 0 Å². The molecule has 0 aliphatic carbocycles. The fourth-order valence-corrected chi connectivity index (χ4v) is 2.89. The third-order valence-corrected chi connectivity index (χ3v) is 4.68. The average Bonchev–Trinajstić information content (AvgIpc) is 2.58. The van der Waals surface area contributed by atoms with Gasteiger partial charge in [-0.3, -0.25) is 0 Å². The number of hydrogen-bond acceptors (Lipinski definition) is 0. The van der Waals surface area contributed by atoms with E-state index in [-0.39, 0.29) is 8.85 Å². The van der Waals surface area contributed by atoms with E-state index in [0.717, 1.165) is 18.1 Å². The molecule has 0 aliphatic heterocycles. The maximum atomic E-state index is 4.24. The van der Waals surface area contributed by atoms with E-state index >= 15 is 0 Å². The first kappa shape index (κ1) is 20.0. The summed E-state index contributed by atoms with van der Waals surface area (Å²) in [6, 6.07) is 17.2. The summed E-state index contributed by atoms with van der Waals surface area (Å²) >= 11 is 0. The van der Waals surface area contributed by atoms with Gasteiger partial charge in [0.25, 0.3) is 0 Å². The minimum absolute atomic E-state index is 0. The summed E-state index contributed by atoms with van der Waals surface area (Å²) < 4.78 is 0. The molecule has 0 amide bonds. The highest BCUT2D eigenvalue weighted by Gasteiger charge is 2.08. The first-order valence-electron chi connectivity index (χ1n) is 8.53. The fraction of sp³-hybridized carbons (Fsp3) is 0.333. The quantitative estimate of drug-likeness (QED) is 0.635. The molecule has 0 heterocycles. The Hall–Kier alpha value is -2.08. The van der Waals surface area contributed by atoms with Gasteiger partial charge in [-0.15, -0.1) is 0 Å². The van der Waals surface area contributed by atoms with Crippen molar-refractivity contribution in [1.29, 1.82) is 0 Å². The van der Waals surface area contributed by atoms with Crippen LogP contribution in [-0.4, -0.2) is 0 Å². The average molecular weight is 323 g/mol. The van der Waals surface area contributed by atoms with Crippen LogP contribution in [-0.2, 0) is 0 Å². The summed E-state index contributed by atoms with van der Waals surface area (Å²) in [4.78, 5) is 0. The first-order valence-corrected chi connectivity index (χ1v) is 8.53. The van der Waals surface area contributed by atoms with E-state index in [9.17, 15) is 0 Å². The molecular weight excluding hydrogens is 288 g/mol. The SMILES string of the molecule is C.C=c1ccc(C)c/c1=C(/C/C=C(\C)c1ccccc1)C(C)CC.[HH]. The predicted octanol–water partition coefficient (Wildman–Crippen LogP) is 5.98. The van der Waals surface area contributed by atoms with Crippen LogP contribution in [0.15, 0.2) is 54.6 Å². The molecule has 0 heteroatoms. The second-order valence-electron chi connectivity index (χ2n) is 6.45. The summed E-state index contributed by atoms with van der Waals surface area (Å²) in [5, 5.41) is 2.47. The Morgan fingerprint density at radius 2 is 1.83 bits per heavy atom. The Bertz CT molecular complexity index is 785. The maximum absolute atomic E-state index is 4.24. The molecule has 0 nitrogen and oxygen atoms in total. The summed E-state index contributed by atoms with van der Waals surface area (Å²) in [6.07, 6.45) is 4.50. The highest BCUT2D eigenvalue weighted by Crippen LogP contribution is 2.21. The zero-order valence-corrected chi connectivity index (χ0v) is 14.9. The first-order chi connectivity index (χ1) is 11.0. The topological polar surface area (TPSA) is 0 Å². The predicted molar refractivity (Wildman–Crippen MR) is 112 cm³/mol. The number of rotatable bonds is 5. The van der Waals surface area contributed by atoms with Crippen LogP contribution >= 0.6 is 0 Å². The molecule has 0 bridgehead atoms. The highest BCUT2D eigenvalue weighted by molar-refractivity contribution is 5.65. The molecule has 24 heavy (non-hydrogen) atoms. The van der Waals surface area contributed by atoms with Gasteiger partial charge in [0, 0.05) is 1.43 Å². The van der Waals surface area contributed by atoms with Crippen molar-refractivity contribution < 1.29 is 1.43 Å². The second kappa shape index (κ2) is 9.27. The van der Waals surface area contributed by atoms with E-state index in [0.29, 0.717) is 5.92 Å². The van der Waals surface area contributed by atoms with Crippen LogP contribution < -0.4 is 10.4 Å². The third kappa shape index (κ3) is 4.96. The lowest BCUT2D eigenvalue weighted by atomic mass is 9.91. The summed E-state index contributed by atoms with van der Waals surface area (Å²) in [6.45, 7) is 13.2. The molecule has 0 aromatic heterocycles. The van der Waals surface area contributed by atoms with Gasteiger partial charge in [0.15, 0.2) is 0 Å². The van der Waals surface area contributed by atoms with E-state index in [1.807, 2.05) is 0 Å². The van der Waals surface area contributed by atoms with Gasteiger partial charge in [0.2, 0.25) is 0 Å². The minimum atomic E-state index is 0. The number of aryl methyl sites for hydroxylation is 1. The zero-order chi connectivity index (χ0) is 16.8. The lowest BCUT2D eigenvalue weighted by Gasteiger charge is -2.14. The van der Waals surface area contributed by atoms with Crippen LogP contribution in [0.5, 0.6) is 0 Å². The van der Waals surface area contributed by atoms with Gasteiger partial charge in [0.1, 0.15) is 0 Å². The van der Waals surface area contributed by atoms with Gasteiger partial charge in [-0.2, -0.15) is 0 Å². The maximum Gasteiger partial charge on any atom is 0 e. The molecule has 0 aliphatic rings. The Morgan fingerprint density at radius 3 is 2.46 bits per heavy atom. The van der Waals surface area contributed by atoms with Crippen molar-refractivity contribution in [2.45, 2.75) is 48.0 Å². The minimum Gasteiger partial charge on any atom is -0.0912 e. The molecule has 0 saturated heterocycles. The van der Waals surface area contributed by atoms with Crippen molar-refractivity contribution in [1.82, 2.24) is 0 Å². The summed E-state index contributed by atoms with van der Waals surface area (Å²) in [7, 11) is 0. The van der Waals surface area contributed by atoms with Crippen molar-refractivity contribution in [3.05, 3.63) is 76.2 Å². The molecule has 130 valence electrons. The van der Waals surface area contributed by atoms with Crippen molar-refractivity contribution in [3.63, 3.8) is 0 Å². The van der Waals surface area contributed by atoms with E-state index in [4.69, 9.17) is 0 Å². The van der Waals surface area contributed by atoms with Crippen LogP contribution in [0, 0.1) is 12.8 Å². The number of benzene rings is 2. The van der Waals surface area contributed by atoms with Crippen LogP contribution in [0.4, 0.5) is 0 Å². The summed E-state index contributed by atoms with van der Waals surface area (Å²) in [5.74, 6) is 0.567. The van der Waals surface area contributed by atoms with E-state index < -0.39 is 0 Å². The van der Waals surface area contributed by atoms with E-state index in [1.165, 1.54) is 27.5 Å². The van der Waals surface area contributed by atoms with E-state index in [2.05, 4.69) is 88.9 Å². The molecule has 0 radical (unpaired) electrons. The van der Waals surface area contributed by atoms with Gasteiger partial charge >= 0.3 is 0 Å². The Labute approximate surface area is 149 Å². The van der Waals surface area contributed by atoms with Crippen molar-refractivity contribution >= 4 is 17.7 Å². The van der Waals surface area contributed by atoms with Crippen molar-refractivity contribution in [2.24, 2.45) is 5.92 Å². The molecular formula is C24H34. The lowest BCUT2D eigenvalue weighted by Crippen LogP contribution is -2.27. The van der Waals surface area contributed by atoms with Crippen molar-refractivity contribution in [3.8, 4) is 0 Å². The van der Waals surface area contributed by atoms with Gasteiger partial charge in [0.05, 0.1) is 0 Å². The molecule has 1 atom stereocenters. The van der Waals surface area contributed by atoms with Gasteiger partial charge in [-0.05, 0) is 54.2 Å². The molecule has 0 spiro atoms. The Kier molecular flexibility index (Phi) is 7.71. The number of hydrogen-bond donors (Lipinski definition) is 0. The summed E-state index contributed by atoms with van der Waals surface area (Å²) in [5.41, 5.74) is 5.44. The van der Waals surface area contributed by atoms with Gasteiger partial charge in [-0.1, -0.05) is 93.6 Å². The van der Waals surface area contributed by atoms with Crippen molar-refractivity contribution in [2.75, 3.05) is 0 Å². The molecule has 2 rings (SSSR count). The highest BCUT2D eigenvalue weighted by atomic mass is 14.1. The Morgan fingerprint density at radius 1 is 1.17 bits per heavy atom. The van der Waals surface area contributed by atoms with Crippen LogP contribution in [0.3, 0.4) is 0 Å². The monoisotopic (exact) mass is 322 g/mol. The van der Waals surface area contributed by atoms with E-state index in [1.54, 1.807) is 0 Å². The fourth-order valence-electron chi connectivity index (χ4n) is 2.89. The smallest absolute Gasteiger partial charge is 0 e. The molecule has 0 fully saturated rings. The molecule has 0 saturated carbocycles. The molecule has 0 N–H and O–H groups in total. The van der Waals surface area contributed by atoms with Crippen LogP contribution in [0.2, 0.25) is 0 Å². The van der Waals surface area contributed by atoms with Crippen LogP contribution in [0.25, 0.3) is 17.7 Å². The van der Waals surface area contributed by atoms with Gasteiger partial charge in [-0.25, -0.2) is 0 Å². The normalized spacial score (nSPS) is 13.9. The molecule has 2 aromatic rings. The van der Waals surface area contributed by atoms with Crippen LogP contribution in [0.1, 0.15) is 53.6 Å². The largest absolute Gasteiger partial charge is 0.0912 e. The standard InChI is InChI=1S/C23H28.CH4.H2/c1-6-18(3)22(23-16-17(2)12-13-20(23)5)15-14-19(4)21-10-8-7-9-11-21;;/h7-14,16,18H,5-6,15H2,1-4H3;1H4;1H/b19-14+,23-22+;;. The lowest BCUT2D eigenvalue weighted by molar-refractivity contribution is 0.699. The Balaban J connectivity index is 0.00000288. The second-order valence-corrected chi connectivity index (χ2v) is 6.45. The molecule has 2 aromatic carbocycles. The third-order valence-electron chi connectivity index (χ3n) is 4.68. The molecule has 1 unspecified atom stereocenters. The number of allylic oxidation sites excluding steroid dienone is 2.